The van der Waals surface area contributed by atoms with Gasteiger partial charge in [-0.2, -0.15) is 0 Å². The Hall–Kier alpha value is -3.55. The molecule has 0 aromatic carbocycles. The van der Waals surface area contributed by atoms with E-state index in [1.54, 1.807) is 36.7 Å². The minimum Gasteiger partial charge on any atom is -0.285 e. The van der Waals surface area contributed by atoms with Crippen LogP contribution in [0.25, 0.3) is 11.4 Å². The van der Waals surface area contributed by atoms with E-state index in [1.807, 2.05) is 119 Å². The van der Waals surface area contributed by atoms with E-state index in [1.165, 1.54) is 0 Å². The number of nitrogens with zero attached hydrogens (tertiary/aromatic N) is 2. The van der Waals surface area contributed by atoms with Gasteiger partial charge in [-0.25, -0.2) is 0 Å². The second-order valence-corrected chi connectivity index (χ2v) is 15.1. The van der Waals surface area contributed by atoms with E-state index < -0.39 is 0 Å². The Labute approximate surface area is 279 Å². The number of ketones is 4. The van der Waals surface area contributed by atoms with Crippen LogP contribution in [0.3, 0.4) is 0 Å². The minimum atomic E-state index is -0.347. The van der Waals surface area contributed by atoms with Crippen molar-refractivity contribution in [2.75, 3.05) is 0 Å². The average Bonchev–Trinajstić information content (AvgIpc) is 2.90. The second kappa shape index (κ2) is 15.2. The fraction of sp³-hybridized carbons (Fsp3) is 0.421. The molecule has 0 spiro atoms. The van der Waals surface area contributed by atoms with Crippen molar-refractivity contribution in [1.82, 2.24) is 9.97 Å². The number of rotatable bonds is 1. The maximum atomic E-state index is 12.0. The third-order valence-corrected chi connectivity index (χ3v) is 7.05. The van der Waals surface area contributed by atoms with E-state index in [9.17, 15) is 19.2 Å². The van der Waals surface area contributed by atoms with Gasteiger partial charge in [0.05, 0.1) is 11.4 Å². The Kier molecular flexibility index (Phi) is 13.3. The molecule has 6 nitrogen and oxygen atoms in total. The molecule has 1 radical (unpaired) electrons. The number of allylic oxidation sites excluding steroid dienone is 8. The van der Waals surface area contributed by atoms with Crippen molar-refractivity contribution < 1.29 is 36.0 Å². The first-order valence-electron chi connectivity index (χ1n) is 14.9. The average molecular weight is 656 g/mol. The fourth-order valence-electron chi connectivity index (χ4n) is 4.52. The summed E-state index contributed by atoms with van der Waals surface area (Å²) in [5.74, 6) is -1.39. The Morgan fingerprint density at radius 1 is 0.400 bits per heavy atom. The summed E-state index contributed by atoms with van der Waals surface area (Å²) in [6, 6.07) is 11.6. The summed E-state index contributed by atoms with van der Waals surface area (Å²) in [6.07, 6.45) is 10.7. The number of aromatic nitrogens is 2. The Balaban J connectivity index is 0.000000337. The van der Waals surface area contributed by atoms with Crippen LogP contribution >= 0.6 is 0 Å². The summed E-state index contributed by atoms with van der Waals surface area (Å²) in [4.78, 5) is 56.3. The number of hydrogen-bond donors (Lipinski definition) is 0. The number of carbonyl (C=O) groups is 4. The Bertz CT molecular complexity index is 1320. The molecule has 2 aliphatic rings. The van der Waals surface area contributed by atoms with E-state index in [-0.39, 0.29) is 61.6 Å². The fourth-order valence-corrected chi connectivity index (χ4v) is 4.52. The molecule has 4 rings (SSSR count). The summed E-state index contributed by atoms with van der Waals surface area (Å²) in [5.41, 5.74) is 3.15. The largest absolute Gasteiger partial charge is 0.285 e. The minimum absolute atomic E-state index is 0. The Morgan fingerprint density at radius 2 is 0.622 bits per heavy atom. The van der Waals surface area contributed by atoms with Crippen LogP contribution in [0.1, 0.15) is 83.1 Å². The van der Waals surface area contributed by atoms with E-state index in [4.69, 9.17) is 0 Å². The molecule has 0 amide bonds. The number of hydrogen-bond acceptors (Lipinski definition) is 6. The standard InChI is InChI=1S/2C14H20O2.C10H8N2.Co/c2*1-13(2,3)9-7-8-10(14(4,5)6)12(16)11(9)15;1-3-7-11-9(5-1)10-6-2-4-8-12-10;/h2*7-8H,1-6H3;1-8H;. The van der Waals surface area contributed by atoms with Gasteiger partial charge in [-0.1, -0.05) is 120 Å². The number of Topliss-reactive ketones (excluding diaryl/α,β-unsaturated/α-hetero) is 4. The summed E-state index contributed by atoms with van der Waals surface area (Å²) in [6.45, 7) is 23.3. The maximum absolute atomic E-state index is 12.0. The first-order chi connectivity index (χ1) is 20.1. The van der Waals surface area contributed by atoms with Gasteiger partial charge in [0.15, 0.2) is 0 Å². The van der Waals surface area contributed by atoms with Crippen LogP contribution in [-0.4, -0.2) is 33.1 Å². The van der Waals surface area contributed by atoms with E-state index in [0.29, 0.717) is 22.3 Å². The van der Waals surface area contributed by atoms with Crippen molar-refractivity contribution >= 4 is 23.1 Å². The molecule has 0 saturated heterocycles. The molecule has 0 N–H and O–H groups in total. The van der Waals surface area contributed by atoms with Crippen molar-refractivity contribution in [3.8, 4) is 11.4 Å². The van der Waals surface area contributed by atoms with Crippen LogP contribution in [-0.2, 0) is 36.0 Å². The van der Waals surface area contributed by atoms with Crippen LogP contribution in [0, 0.1) is 21.7 Å². The third kappa shape index (κ3) is 10.8. The molecule has 2 heterocycles. The van der Waals surface area contributed by atoms with Crippen LogP contribution in [0.2, 0.25) is 0 Å². The van der Waals surface area contributed by atoms with Crippen molar-refractivity contribution in [3.05, 3.63) is 95.4 Å². The summed E-state index contributed by atoms with van der Waals surface area (Å²) in [5, 5.41) is 0. The van der Waals surface area contributed by atoms with E-state index in [2.05, 4.69) is 9.97 Å². The molecule has 0 atom stereocenters. The van der Waals surface area contributed by atoms with Crippen molar-refractivity contribution in [2.24, 2.45) is 21.7 Å². The molecular formula is C38H48CoN2O4. The third-order valence-electron chi connectivity index (χ3n) is 7.05. The molecule has 0 fully saturated rings. The Morgan fingerprint density at radius 3 is 0.778 bits per heavy atom. The molecule has 7 heteroatoms. The summed E-state index contributed by atoms with van der Waals surface area (Å²) in [7, 11) is 0. The number of carbonyl (C=O) groups excluding carboxylic acids is 4. The predicted molar refractivity (Wildman–Crippen MR) is 178 cm³/mol. The van der Waals surface area contributed by atoms with Crippen LogP contribution < -0.4 is 0 Å². The molecule has 2 aliphatic carbocycles. The topological polar surface area (TPSA) is 94.1 Å². The van der Waals surface area contributed by atoms with Crippen molar-refractivity contribution in [3.63, 3.8) is 0 Å². The second-order valence-electron chi connectivity index (χ2n) is 15.1. The molecule has 243 valence electrons. The molecule has 0 aliphatic heterocycles. The van der Waals surface area contributed by atoms with Crippen molar-refractivity contribution in [2.45, 2.75) is 83.1 Å². The molecule has 45 heavy (non-hydrogen) atoms. The smallest absolute Gasteiger partial charge is 0.229 e. The van der Waals surface area contributed by atoms with Gasteiger partial charge in [0.25, 0.3) is 0 Å². The SMILES string of the molecule is CC(C)(C)C1=CC=C(C(C)(C)C)C(=O)C1=O.CC(C)(C)C1=CC=C(C(C)(C)C)C(=O)C1=O.[Co].c1ccc(-c2ccccn2)nc1. The van der Waals surface area contributed by atoms with Crippen molar-refractivity contribution in [1.29, 1.82) is 0 Å². The molecule has 0 unspecified atom stereocenters. The van der Waals surface area contributed by atoms with Gasteiger partial charge in [0.2, 0.25) is 23.1 Å². The van der Waals surface area contributed by atoms with Gasteiger partial charge < -0.3 is 0 Å². The zero-order chi connectivity index (χ0) is 33.7. The van der Waals surface area contributed by atoms with Crippen LogP contribution in [0.4, 0.5) is 0 Å². The van der Waals surface area contributed by atoms with Gasteiger partial charge in [-0.05, 0) is 45.9 Å². The first-order valence-corrected chi connectivity index (χ1v) is 14.9. The first kappa shape index (κ1) is 39.5. The normalized spacial score (nSPS) is 15.6. The van der Waals surface area contributed by atoms with Gasteiger partial charge in [0, 0.05) is 51.5 Å². The predicted octanol–water partition coefficient (Wildman–Crippen LogP) is 8.31. The molecule has 0 saturated carbocycles. The van der Waals surface area contributed by atoms with E-state index >= 15 is 0 Å². The summed E-state index contributed by atoms with van der Waals surface area (Å²) >= 11 is 0. The monoisotopic (exact) mass is 655 g/mol. The van der Waals surface area contributed by atoms with E-state index in [0.717, 1.165) is 11.4 Å². The van der Waals surface area contributed by atoms with Crippen LogP contribution in [0.5, 0.6) is 0 Å². The zero-order valence-corrected chi connectivity index (χ0v) is 29.8. The van der Waals surface area contributed by atoms with Crippen LogP contribution in [0.15, 0.2) is 95.4 Å². The number of pyridine rings is 2. The quantitative estimate of drug-likeness (QED) is 0.227. The molecule has 2 aromatic rings. The van der Waals surface area contributed by atoms with Gasteiger partial charge in [-0.15, -0.1) is 0 Å². The summed E-state index contributed by atoms with van der Waals surface area (Å²) < 4.78 is 0. The molecule has 2 aromatic heterocycles. The maximum Gasteiger partial charge on any atom is 0.229 e. The zero-order valence-electron chi connectivity index (χ0n) is 28.8. The molecular weight excluding hydrogens is 607 g/mol. The van der Waals surface area contributed by atoms with Gasteiger partial charge in [0.1, 0.15) is 0 Å². The molecule has 0 bridgehead atoms. The van der Waals surface area contributed by atoms with Gasteiger partial charge >= 0.3 is 0 Å². The van der Waals surface area contributed by atoms with Gasteiger partial charge in [-0.3, -0.25) is 29.1 Å².